The smallest absolute Gasteiger partial charge is 0.252 e. The van der Waals surface area contributed by atoms with Gasteiger partial charge in [-0.05, 0) is 43.0 Å². The van der Waals surface area contributed by atoms with Crippen LogP contribution in [0.3, 0.4) is 0 Å². The van der Waals surface area contributed by atoms with Crippen LogP contribution in [0.25, 0.3) is 10.9 Å². The summed E-state index contributed by atoms with van der Waals surface area (Å²) in [4.78, 5) is 17.7. The first-order chi connectivity index (χ1) is 12.6. The molecule has 0 atom stereocenters. The SMILES string of the molecule is CSc1ccc2c(Nc3cccc4c3CCO4)c(C(N)=O)cnc2c1C. The van der Waals surface area contributed by atoms with E-state index in [2.05, 4.69) is 16.4 Å². The van der Waals surface area contributed by atoms with E-state index in [1.54, 1.807) is 18.0 Å². The molecule has 132 valence electrons. The van der Waals surface area contributed by atoms with Crippen molar-refractivity contribution in [1.82, 2.24) is 4.98 Å². The summed E-state index contributed by atoms with van der Waals surface area (Å²) in [6.45, 7) is 2.72. The lowest BCUT2D eigenvalue weighted by Crippen LogP contribution is -2.14. The lowest BCUT2D eigenvalue weighted by atomic mass is 10.0. The van der Waals surface area contributed by atoms with Crippen LogP contribution in [0.15, 0.2) is 41.4 Å². The highest BCUT2D eigenvalue weighted by molar-refractivity contribution is 7.98. The number of hydrogen-bond acceptors (Lipinski definition) is 5. The normalized spacial score (nSPS) is 12.7. The van der Waals surface area contributed by atoms with Crippen molar-refractivity contribution in [2.45, 2.75) is 18.2 Å². The Morgan fingerprint density at radius 1 is 1.31 bits per heavy atom. The Kier molecular flexibility index (Phi) is 4.20. The molecule has 1 aliphatic heterocycles. The molecule has 0 bridgehead atoms. The van der Waals surface area contributed by atoms with E-state index in [1.807, 2.05) is 37.4 Å². The highest BCUT2D eigenvalue weighted by atomic mass is 32.2. The summed E-state index contributed by atoms with van der Waals surface area (Å²) in [6.07, 6.45) is 4.44. The van der Waals surface area contributed by atoms with Crippen molar-refractivity contribution in [2.75, 3.05) is 18.2 Å². The first-order valence-corrected chi connectivity index (χ1v) is 9.60. The third-order valence-electron chi connectivity index (χ3n) is 4.73. The zero-order valence-corrected chi connectivity index (χ0v) is 15.4. The molecule has 2 aromatic carbocycles. The van der Waals surface area contributed by atoms with Crippen molar-refractivity contribution >= 4 is 39.9 Å². The van der Waals surface area contributed by atoms with Crippen molar-refractivity contribution in [3.63, 3.8) is 0 Å². The average Bonchev–Trinajstić information content (AvgIpc) is 3.12. The quantitative estimate of drug-likeness (QED) is 0.682. The van der Waals surface area contributed by atoms with Crippen LogP contribution in [0.5, 0.6) is 5.75 Å². The van der Waals surface area contributed by atoms with Crippen molar-refractivity contribution in [2.24, 2.45) is 5.73 Å². The van der Waals surface area contributed by atoms with Crippen LogP contribution < -0.4 is 15.8 Å². The minimum Gasteiger partial charge on any atom is -0.493 e. The van der Waals surface area contributed by atoms with Gasteiger partial charge in [0.2, 0.25) is 0 Å². The standard InChI is InChI=1S/C20H19N3O2S/c1-11-17(26-2)7-6-13-18(11)22-10-14(20(21)24)19(13)23-15-4-3-5-16-12(15)8-9-25-16/h3-7,10H,8-9H2,1-2H3,(H2,21,24)(H,22,23). The number of ether oxygens (including phenoxy) is 1. The number of rotatable bonds is 4. The van der Waals surface area contributed by atoms with Gasteiger partial charge < -0.3 is 15.8 Å². The number of pyridine rings is 1. The zero-order valence-electron chi connectivity index (χ0n) is 14.6. The highest BCUT2D eigenvalue weighted by Crippen LogP contribution is 2.37. The summed E-state index contributed by atoms with van der Waals surface area (Å²) in [7, 11) is 0. The summed E-state index contributed by atoms with van der Waals surface area (Å²) >= 11 is 1.68. The maximum Gasteiger partial charge on any atom is 0.252 e. The molecule has 3 aromatic rings. The maximum atomic E-state index is 12.0. The molecular weight excluding hydrogens is 346 g/mol. The number of nitrogens with two attached hydrogens (primary N) is 1. The van der Waals surface area contributed by atoms with Crippen LogP contribution in [0.4, 0.5) is 11.4 Å². The van der Waals surface area contributed by atoms with Crippen LogP contribution in [-0.4, -0.2) is 23.8 Å². The molecule has 26 heavy (non-hydrogen) atoms. The molecule has 0 saturated heterocycles. The number of aryl methyl sites for hydroxylation is 1. The van der Waals surface area contributed by atoms with Crippen molar-refractivity contribution in [1.29, 1.82) is 0 Å². The van der Waals surface area contributed by atoms with Gasteiger partial charge in [0.15, 0.2) is 0 Å². The first kappa shape index (κ1) is 16.7. The number of carbonyl (C=O) groups excluding carboxylic acids is 1. The van der Waals surface area contributed by atoms with E-state index >= 15 is 0 Å². The predicted molar refractivity (Wildman–Crippen MR) is 106 cm³/mol. The van der Waals surface area contributed by atoms with Gasteiger partial charge in [0.25, 0.3) is 5.91 Å². The number of fused-ring (bicyclic) bond motifs is 2. The number of nitrogens with zero attached hydrogens (tertiary/aromatic N) is 1. The van der Waals surface area contributed by atoms with E-state index < -0.39 is 5.91 Å². The lowest BCUT2D eigenvalue weighted by molar-refractivity contribution is 0.100. The number of amides is 1. The predicted octanol–water partition coefficient (Wildman–Crippen LogP) is 4.04. The van der Waals surface area contributed by atoms with E-state index in [0.29, 0.717) is 17.9 Å². The molecule has 0 radical (unpaired) electrons. The summed E-state index contributed by atoms with van der Waals surface area (Å²) in [5, 5.41) is 4.32. The van der Waals surface area contributed by atoms with Gasteiger partial charge in [0.05, 0.1) is 23.4 Å². The summed E-state index contributed by atoms with van der Waals surface area (Å²) in [6, 6.07) is 9.95. The fourth-order valence-electron chi connectivity index (χ4n) is 3.40. The topological polar surface area (TPSA) is 77.2 Å². The number of nitrogens with one attached hydrogen (secondary N) is 1. The Hall–Kier alpha value is -2.73. The van der Waals surface area contributed by atoms with Crippen molar-refractivity contribution in [3.8, 4) is 5.75 Å². The number of benzene rings is 2. The second-order valence-corrected chi connectivity index (χ2v) is 7.05. The number of carbonyl (C=O) groups is 1. The van der Waals surface area contributed by atoms with E-state index in [0.717, 1.165) is 44.8 Å². The van der Waals surface area contributed by atoms with Gasteiger partial charge in [-0.3, -0.25) is 9.78 Å². The van der Waals surface area contributed by atoms with E-state index in [-0.39, 0.29) is 0 Å². The van der Waals surface area contributed by atoms with Crippen LogP contribution in [0.2, 0.25) is 0 Å². The molecule has 0 unspecified atom stereocenters. The molecule has 6 heteroatoms. The van der Waals surface area contributed by atoms with Gasteiger partial charge >= 0.3 is 0 Å². The Morgan fingerprint density at radius 3 is 2.92 bits per heavy atom. The van der Waals surface area contributed by atoms with Crippen LogP contribution in [0, 0.1) is 6.92 Å². The van der Waals surface area contributed by atoms with Crippen LogP contribution in [0.1, 0.15) is 21.5 Å². The van der Waals surface area contributed by atoms with E-state index in [1.165, 1.54) is 0 Å². The fourth-order valence-corrected chi connectivity index (χ4v) is 4.01. The second kappa shape index (κ2) is 6.53. The van der Waals surface area contributed by atoms with Crippen molar-refractivity contribution in [3.05, 3.63) is 53.2 Å². The van der Waals surface area contributed by atoms with Gasteiger partial charge in [0.1, 0.15) is 5.75 Å². The third kappa shape index (κ3) is 2.66. The third-order valence-corrected chi connectivity index (χ3v) is 5.61. The van der Waals surface area contributed by atoms with Gasteiger partial charge in [-0.15, -0.1) is 11.8 Å². The van der Waals surface area contributed by atoms with Gasteiger partial charge in [-0.25, -0.2) is 0 Å². The largest absolute Gasteiger partial charge is 0.493 e. The fraction of sp³-hybridized carbons (Fsp3) is 0.200. The zero-order chi connectivity index (χ0) is 18.3. The van der Waals surface area contributed by atoms with Gasteiger partial charge in [-0.1, -0.05) is 6.07 Å². The minimum absolute atomic E-state index is 0.380. The van der Waals surface area contributed by atoms with Crippen molar-refractivity contribution < 1.29 is 9.53 Å². The lowest BCUT2D eigenvalue weighted by Gasteiger charge is -2.16. The molecule has 3 N–H and O–H groups in total. The summed E-state index contributed by atoms with van der Waals surface area (Å²) in [5.41, 5.74) is 10.7. The number of hydrogen-bond donors (Lipinski definition) is 2. The molecular formula is C20H19N3O2S. The molecule has 0 spiro atoms. The van der Waals surface area contributed by atoms with E-state index in [4.69, 9.17) is 10.5 Å². The molecule has 2 heterocycles. The molecule has 4 rings (SSSR count). The van der Waals surface area contributed by atoms with Crippen LogP contribution in [-0.2, 0) is 6.42 Å². The Labute approximate surface area is 155 Å². The Bertz CT molecular complexity index is 1030. The number of primary amides is 1. The maximum absolute atomic E-state index is 12.0. The Morgan fingerprint density at radius 2 is 2.15 bits per heavy atom. The molecule has 1 aromatic heterocycles. The summed E-state index contributed by atoms with van der Waals surface area (Å²) in [5.74, 6) is 0.382. The van der Waals surface area contributed by atoms with Crippen LogP contribution >= 0.6 is 11.8 Å². The summed E-state index contributed by atoms with van der Waals surface area (Å²) < 4.78 is 5.64. The molecule has 5 nitrogen and oxygen atoms in total. The molecule has 0 saturated carbocycles. The molecule has 1 amide bonds. The highest BCUT2D eigenvalue weighted by Gasteiger charge is 2.20. The average molecular weight is 365 g/mol. The number of aromatic nitrogens is 1. The first-order valence-electron chi connectivity index (χ1n) is 8.38. The second-order valence-electron chi connectivity index (χ2n) is 6.21. The minimum atomic E-state index is -0.502. The Balaban J connectivity index is 1.93. The molecule has 0 fully saturated rings. The molecule has 0 aliphatic carbocycles. The monoisotopic (exact) mass is 365 g/mol. The van der Waals surface area contributed by atoms with Gasteiger partial charge in [-0.2, -0.15) is 0 Å². The number of anilines is 2. The van der Waals surface area contributed by atoms with E-state index in [9.17, 15) is 4.79 Å². The number of thioether (sulfide) groups is 1. The molecule has 1 aliphatic rings. The van der Waals surface area contributed by atoms with Gasteiger partial charge in [0, 0.05) is 34.2 Å².